The zero-order valence-corrected chi connectivity index (χ0v) is 15.3. The predicted molar refractivity (Wildman–Crippen MR) is 100 cm³/mol. The van der Waals surface area contributed by atoms with Crippen LogP contribution in [0.3, 0.4) is 0 Å². The van der Waals surface area contributed by atoms with E-state index in [0.29, 0.717) is 5.13 Å². The van der Waals surface area contributed by atoms with E-state index in [4.69, 9.17) is 5.73 Å². The lowest BCUT2D eigenvalue weighted by molar-refractivity contribution is -0.120. The van der Waals surface area contributed by atoms with Gasteiger partial charge in [0.2, 0.25) is 5.91 Å². The number of nitrogens with two attached hydrogens (primary N) is 1. The summed E-state index contributed by atoms with van der Waals surface area (Å²) < 4.78 is 13.3. The van der Waals surface area contributed by atoms with Gasteiger partial charge in [-0.1, -0.05) is 11.3 Å². The number of thiazole rings is 1. The fourth-order valence-corrected chi connectivity index (χ4v) is 3.77. The average Bonchev–Trinajstić information content (AvgIpc) is 2.99. The Balaban J connectivity index is 1.96. The summed E-state index contributed by atoms with van der Waals surface area (Å²) in [5.74, 6) is -0.561. The standard InChI is InChI=1S/C18H23FN4OS/c1-18(2,20)16(24)22-17-21-14(12-6-8-13(19)9-7-12)15(25-17)23-10-4-3-5-11-23/h6-9H,3-5,10-11,20H2,1-2H3,(H,21,22,24). The van der Waals surface area contributed by atoms with E-state index in [1.165, 1.54) is 29.9 Å². The summed E-state index contributed by atoms with van der Waals surface area (Å²) in [6.45, 7) is 5.24. The van der Waals surface area contributed by atoms with Crippen molar-refractivity contribution in [1.29, 1.82) is 0 Å². The molecule has 0 unspecified atom stereocenters. The summed E-state index contributed by atoms with van der Waals surface area (Å²) in [7, 11) is 0. The first-order valence-electron chi connectivity index (χ1n) is 8.46. The zero-order chi connectivity index (χ0) is 18.0. The van der Waals surface area contributed by atoms with Crippen molar-refractivity contribution < 1.29 is 9.18 Å². The zero-order valence-electron chi connectivity index (χ0n) is 14.5. The molecule has 134 valence electrons. The van der Waals surface area contributed by atoms with Gasteiger partial charge in [-0.2, -0.15) is 0 Å². The number of rotatable bonds is 4. The molecule has 0 spiro atoms. The van der Waals surface area contributed by atoms with E-state index in [9.17, 15) is 9.18 Å². The number of hydrogen-bond acceptors (Lipinski definition) is 5. The summed E-state index contributed by atoms with van der Waals surface area (Å²) in [5, 5.41) is 4.33. The number of benzene rings is 1. The predicted octanol–water partition coefficient (Wildman–Crippen LogP) is 3.62. The van der Waals surface area contributed by atoms with Gasteiger partial charge in [0.15, 0.2) is 5.13 Å². The molecule has 1 aromatic heterocycles. The Kier molecular flexibility index (Phi) is 5.06. The number of carbonyl (C=O) groups excluding carboxylic acids is 1. The molecule has 0 bridgehead atoms. The molecular formula is C18H23FN4OS. The summed E-state index contributed by atoms with van der Waals surface area (Å²) >= 11 is 1.44. The fraction of sp³-hybridized carbons (Fsp3) is 0.444. The highest BCUT2D eigenvalue weighted by Gasteiger charge is 2.25. The van der Waals surface area contributed by atoms with Crippen LogP contribution in [0.1, 0.15) is 33.1 Å². The Morgan fingerprint density at radius 3 is 2.48 bits per heavy atom. The van der Waals surface area contributed by atoms with Crippen molar-refractivity contribution in [2.75, 3.05) is 23.3 Å². The molecule has 0 saturated carbocycles. The average molecular weight is 362 g/mol. The molecule has 1 amide bonds. The first-order chi connectivity index (χ1) is 11.8. The van der Waals surface area contributed by atoms with E-state index in [1.807, 2.05) is 0 Å². The second-order valence-corrected chi connectivity index (χ2v) is 7.88. The van der Waals surface area contributed by atoms with Crippen LogP contribution in [0.4, 0.5) is 14.5 Å². The Labute approximate surface area is 151 Å². The third kappa shape index (κ3) is 4.16. The Hall–Kier alpha value is -1.99. The Morgan fingerprint density at radius 2 is 1.88 bits per heavy atom. The van der Waals surface area contributed by atoms with Gasteiger partial charge >= 0.3 is 0 Å². The van der Waals surface area contributed by atoms with Crippen LogP contribution in [0, 0.1) is 5.82 Å². The van der Waals surface area contributed by atoms with Crippen molar-refractivity contribution in [1.82, 2.24) is 4.98 Å². The fourth-order valence-electron chi connectivity index (χ4n) is 2.73. The lowest BCUT2D eigenvalue weighted by Crippen LogP contribution is -2.45. The van der Waals surface area contributed by atoms with E-state index in [1.54, 1.807) is 26.0 Å². The highest BCUT2D eigenvalue weighted by atomic mass is 32.1. The first-order valence-corrected chi connectivity index (χ1v) is 9.28. The lowest BCUT2D eigenvalue weighted by atomic mass is 10.1. The van der Waals surface area contributed by atoms with Gasteiger partial charge < -0.3 is 16.0 Å². The summed E-state index contributed by atoms with van der Waals surface area (Å²) in [6, 6.07) is 6.29. The number of aromatic nitrogens is 1. The molecule has 25 heavy (non-hydrogen) atoms. The van der Waals surface area contributed by atoms with Gasteiger partial charge in [0.05, 0.1) is 5.54 Å². The van der Waals surface area contributed by atoms with Crippen molar-refractivity contribution in [2.24, 2.45) is 5.73 Å². The van der Waals surface area contributed by atoms with Gasteiger partial charge in [0.25, 0.3) is 0 Å². The number of amides is 1. The van der Waals surface area contributed by atoms with E-state index in [0.717, 1.165) is 42.2 Å². The van der Waals surface area contributed by atoms with Crippen molar-refractivity contribution in [3.63, 3.8) is 0 Å². The molecule has 0 aliphatic carbocycles. The van der Waals surface area contributed by atoms with Gasteiger partial charge in [-0.25, -0.2) is 9.37 Å². The van der Waals surface area contributed by atoms with Crippen molar-refractivity contribution in [3.8, 4) is 11.3 Å². The largest absolute Gasteiger partial charge is 0.362 e. The minimum Gasteiger partial charge on any atom is -0.362 e. The molecule has 1 aromatic carbocycles. The minimum absolute atomic E-state index is 0.280. The maximum absolute atomic E-state index is 13.3. The molecule has 7 heteroatoms. The van der Waals surface area contributed by atoms with Gasteiger partial charge in [-0.15, -0.1) is 0 Å². The molecule has 1 aliphatic rings. The first kappa shape index (κ1) is 17.8. The van der Waals surface area contributed by atoms with E-state index in [-0.39, 0.29) is 11.7 Å². The molecule has 2 heterocycles. The number of anilines is 2. The number of nitrogens with one attached hydrogen (secondary N) is 1. The summed E-state index contributed by atoms with van der Waals surface area (Å²) in [6.07, 6.45) is 3.50. The van der Waals surface area contributed by atoms with Crippen LogP contribution in [-0.4, -0.2) is 29.5 Å². The summed E-state index contributed by atoms with van der Waals surface area (Å²) in [5.41, 5.74) is 6.49. The van der Waals surface area contributed by atoms with E-state index < -0.39 is 5.54 Å². The molecule has 1 fully saturated rings. The second kappa shape index (κ2) is 7.09. The molecule has 0 radical (unpaired) electrons. The molecule has 2 aromatic rings. The van der Waals surface area contributed by atoms with Crippen LogP contribution in [0.25, 0.3) is 11.3 Å². The number of carbonyl (C=O) groups is 1. The van der Waals surface area contributed by atoms with Crippen molar-refractivity contribution in [3.05, 3.63) is 30.1 Å². The SMILES string of the molecule is CC(C)(N)C(=O)Nc1nc(-c2ccc(F)cc2)c(N2CCCCC2)s1. The molecule has 3 rings (SSSR count). The number of hydrogen-bond donors (Lipinski definition) is 2. The van der Waals surface area contributed by atoms with Crippen LogP contribution in [0.15, 0.2) is 24.3 Å². The number of piperidine rings is 1. The molecular weight excluding hydrogens is 339 g/mol. The van der Waals surface area contributed by atoms with Crippen LogP contribution in [0.5, 0.6) is 0 Å². The quantitative estimate of drug-likeness (QED) is 0.871. The molecule has 5 nitrogen and oxygen atoms in total. The van der Waals surface area contributed by atoms with Gasteiger partial charge in [0, 0.05) is 18.7 Å². The molecule has 3 N–H and O–H groups in total. The van der Waals surface area contributed by atoms with Crippen LogP contribution >= 0.6 is 11.3 Å². The van der Waals surface area contributed by atoms with Crippen molar-refractivity contribution >= 4 is 27.4 Å². The molecule has 0 atom stereocenters. The lowest BCUT2D eigenvalue weighted by Gasteiger charge is -2.27. The smallest absolute Gasteiger partial charge is 0.245 e. The minimum atomic E-state index is -0.979. The Bertz CT molecular complexity index is 745. The monoisotopic (exact) mass is 362 g/mol. The highest BCUT2D eigenvalue weighted by molar-refractivity contribution is 7.20. The van der Waals surface area contributed by atoms with Gasteiger partial charge in [-0.05, 0) is 57.4 Å². The highest BCUT2D eigenvalue weighted by Crippen LogP contribution is 2.39. The second-order valence-electron chi connectivity index (χ2n) is 6.90. The third-order valence-electron chi connectivity index (χ3n) is 4.18. The third-order valence-corrected chi connectivity index (χ3v) is 5.21. The maximum atomic E-state index is 13.3. The van der Waals surface area contributed by atoms with Crippen LogP contribution in [-0.2, 0) is 4.79 Å². The maximum Gasteiger partial charge on any atom is 0.245 e. The summed E-state index contributed by atoms with van der Waals surface area (Å²) in [4.78, 5) is 19.1. The molecule has 1 saturated heterocycles. The van der Waals surface area contributed by atoms with Crippen LogP contribution < -0.4 is 16.0 Å². The normalized spacial score (nSPS) is 15.3. The van der Waals surface area contributed by atoms with Crippen molar-refractivity contribution in [2.45, 2.75) is 38.6 Å². The van der Waals surface area contributed by atoms with Gasteiger partial charge in [0.1, 0.15) is 16.5 Å². The van der Waals surface area contributed by atoms with E-state index in [2.05, 4.69) is 15.2 Å². The van der Waals surface area contributed by atoms with Crippen LogP contribution in [0.2, 0.25) is 0 Å². The topological polar surface area (TPSA) is 71.2 Å². The van der Waals surface area contributed by atoms with Gasteiger partial charge in [-0.3, -0.25) is 4.79 Å². The molecule has 1 aliphatic heterocycles. The number of halogens is 1. The Morgan fingerprint density at radius 1 is 1.24 bits per heavy atom. The number of nitrogens with zero attached hydrogens (tertiary/aromatic N) is 2. The van der Waals surface area contributed by atoms with E-state index >= 15 is 0 Å².